The third-order valence-electron chi connectivity index (χ3n) is 4.64. The van der Waals surface area contributed by atoms with Crippen molar-refractivity contribution in [3.8, 4) is 0 Å². The molecule has 1 atom stereocenters. The Labute approximate surface area is 154 Å². The lowest BCUT2D eigenvalue weighted by atomic mass is 9.98. The van der Waals surface area contributed by atoms with E-state index < -0.39 is 10.0 Å². The Kier molecular flexibility index (Phi) is 5.43. The second kappa shape index (κ2) is 7.59. The highest BCUT2D eigenvalue weighted by molar-refractivity contribution is 7.89. The lowest BCUT2D eigenvalue weighted by Crippen LogP contribution is -2.43. The molecule has 0 unspecified atom stereocenters. The van der Waals surface area contributed by atoms with Crippen LogP contribution in [0.3, 0.4) is 0 Å². The van der Waals surface area contributed by atoms with Crippen LogP contribution >= 0.6 is 0 Å². The summed E-state index contributed by atoms with van der Waals surface area (Å²) in [6.07, 6.45) is 5.16. The van der Waals surface area contributed by atoms with Gasteiger partial charge in [0.1, 0.15) is 0 Å². The molecule has 0 bridgehead atoms. The van der Waals surface area contributed by atoms with Crippen molar-refractivity contribution in [2.24, 2.45) is 13.0 Å². The van der Waals surface area contributed by atoms with E-state index in [0.717, 1.165) is 17.7 Å². The maximum absolute atomic E-state index is 12.7. The predicted octanol–water partition coefficient (Wildman–Crippen LogP) is 2.02. The molecule has 1 aliphatic heterocycles. The highest BCUT2D eigenvalue weighted by Crippen LogP contribution is 2.24. The van der Waals surface area contributed by atoms with Gasteiger partial charge >= 0.3 is 0 Å². The Bertz CT molecular complexity index is 891. The molecule has 1 fully saturated rings. The minimum Gasteiger partial charge on any atom is -0.339 e. The molecule has 2 aromatic rings. The molecule has 0 aliphatic carbocycles. The molecule has 3 rings (SSSR count). The van der Waals surface area contributed by atoms with Gasteiger partial charge in [-0.25, -0.2) is 13.4 Å². The van der Waals surface area contributed by atoms with Gasteiger partial charge in [0, 0.05) is 32.0 Å². The molecule has 26 heavy (non-hydrogen) atoms. The molecule has 1 aliphatic rings. The molecule has 140 valence electrons. The van der Waals surface area contributed by atoms with E-state index in [-0.39, 0.29) is 23.4 Å². The summed E-state index contributed by atoms with van der Waals surface area (Å²) >= 11 is 0. The molecule has 1 amide bonds. The monoisotopic (exact) mass is 376 g/mol. The summed E-state index contributed by atoms with van der Waals surface area (Å²) in [5.74, 6) is -0.508. The number of nitrogens with zero attached hydrogens (tertiary/aromatic N) is 3. The van der Waals surface area contributed by atoms with Gasteiger partial charge in [0.25, 0.3) is 10.0 Å². The number of benzene rings is 1. The number of carbonyl (C=O) groups excluding carboxylic acids is 1. The number of nitrogens with one attached hydrogen (secondary N) is 1. The first kappa shape index (κ1) is 18.6. The molecule has 7 nitrogen and oxygen atoms in total. The van der Waals surface area contributed by atoms with Gasteiger partial charge in [0.15, 0.2) is 5.03 Å². The summed E-state index contributed by atoms with van der Waals surface area (Å²) in [5.41, 5.74) is 1.89. The Morgan fingerprint density at radius 2 is 2.19 bits per heavy atom. The van der Waals surface area contributed by atoms with Crippen LogP contribution in [0.25, 0.3) is 0 Å². The highest BCUT2D eigenvalue weighted by Gasteiger charge is 2.34. The summed E-state index contributed by atoms with van der Waals surface area (Å²) in [6.45, 7) is 2.65. The maximum Gasteiger partial charge on any atom is 0.262 e. The van der Waals surface area contributed by atoms with Crippen molar-refractivity contribution in [1.82, 2.24) is 13.9 Å². The first-order valence-corrected chi connectivity index (χ1v) is 10.2. The first-order valence-electron chi connectivity index (χ1n) is 8.78. The molecule has 0 radical (unpaired) electrons. The number of piperidine rings is 1. The molecule has 2 heterocycles. The zero-order chi connectivity index (χ0) is 18.7. The number of aromatic nitrogens is 2. The minimum absolute atomic E-state index is 0.0247. The van der Waals surface area contributed by atoms with Gasteiger partial charge in [-0.15, -0.1) is 0 Å². The molecule has 8 heteroatoms. The average Bonchev–Trinajstić information content (AvgIpc) is 3.09. The number of imidazole rings is 1. The third-order valence-corrected chi connectivity index (χ3v) is 6.39. The second-order valence-corrected chi connectivity index (χ2v) is 8.51. The summed E-state index contributed by atoms with van der Waals surface area (Å²) in [4.78, 5) is 16.6. The van der Waals surface area contributed by atoms with Gasteiger partial charge in [-0.1, -0.05) is 19.1 Å². The van der Waals surface area contributed by atoms with E-state index in [1.807, 2.05) is 24.3 Å². The van der Waals surface area contributed by atoms with Crippen molar-refractivity contribution in [3.63, 3.8) is 0 Å². The first-order chi connectivity index (χ1) is 12.4. The van der Waals surface area contributed by atoms with Crippen LogP contribution in [-0.2, 0) is 28.3 Å². The number of anilines is 1. The molecular weight excluding hydrogens is 352 g/mol. The lowest BCUT2D eigenvalue weighted by molar-refractivity contribution is -0.120. The van der Waals surface area contributed by atoms with Crippen molar-refractivity contribution in [3.05, 3.63) is 42.4 Å². The molecule has 0 spiro atoms. The fourth-order valence-corrected chi connectivity index (χ4v) is 4.63. The number of rotatable bonds is 5. The average molecular weight is 376 g/mol. The van der Waals surface area contributed by atoms with Crippen molar-refractivity contribution < 1.29 is 13.2 Å². The van der Waals surface area contributed by atoms with Crippen molar-refractivity contribution in [1.29, 1.82) is 0 Å². The summed E-state index contributed by atoms with van der Waals surface area (Å²) in [6, 6.07) is 7.72. The molecular formula is C18H24N4O3S. The number of sulfonamides is 1. The van der Waals surface area contributed by atoms with Crippen LogP contribution in [0.4, 0.5) is 5.69 Å². The number of carbonyl (C=O) groups is 1. The van der Waals surface area contributed by atoms with Crippen LogP contribution in [0.1, 0.15) is 25.3 Å². The van der Waals surface area contributed by atoms with E-state index >= 15 is 0 Å². The third kappa shape index (κ3) is 3.96. The van der Waals surface area contributed by atoms with Gasteiger partial charge in [-0.2, -0.15) is 4.31 Å². The summed E-state index contributed by atoms with van der Waals surface area (Å²) in [5, 5.41) is 2.95. The zero-order valence-corrected chi connectivity index (χ0v) is 15.9. The van der Waals surface area contributed by atoms with Crippen LogP contribution in [0.15, 0.2) is 41.8 Å². The minimum atomic E-state index is -3.67. The number of hydrogen-bond donors (Lipinski definition) is 1. The number of hydrogen-bond acceptors (Lipinski definition) is 4. The van der Waals surface area contributed by atoms with E-state index in [9.17, 15) is 13.2 Å². The largest absolute Gasteiger partial charge is 0.339 e. The van der Waals surface area contributed by atoms with Crippen LogP contribution in [0.2, 0.25) is 0 Å². The Morgan fingerprint density at radius 3 is 2.88 bits per heavy atom. The molecule has 1 saturated heterocycles. The highest BCUT2D eigenvalue weighted by atomic mass is 32.2. The van der Waals surface area contributed by atoms with Gasteiger partial charge in [0.2, 0.25) is 5.91 Å². The van der Waals surface area contributed by atoms with E-state index in [0.29, 0.717) is 19.4 Å². The molecule has 1 aromatic heterocycles. The lowest BCUT2D eigenvalue weighted by Gasteiger charge is -2.30. The van der Waals surface area contributed by atoms with Crippen molar-refractivity contribution >= 4 is 21.6 Å². The zero-order valence-electron chi connectivity index (χ0n) is 15.1. The Balaban J connectivity index is 1.70. The van der Waals surface area contributed by atoms with Crippen LogP contribution < -0.4 is 5.32 Å². The molecule has 1 N–H and O–H groups in total. The molecule has 1 aromatic carbocycles. The number of aryl methyl sites for hydroxylation is 2. The van der Waals surface area contributed by atoms with Crippen molar-refractivity contribution in [2.75, 3.05) is 18.4 Å². The van der Waals surface area contributed by atoms with Crippen molar-refractivity contribution in [2.45, 2.75) is 31.2 Å². The number of amides is 1. The maximum atomic E-state index is 12.7. The van der Waals surface area contributed by atoms with Crippen LogP contribution in [-0.4, -0.2) is 41.3 Å². The quantitative estimate of drug-likeness (QED) is 0.865. The van der Waals surface area contributed by atoms with Gasteiger partial charge in [-0.05, 0) is 37.0 Å². The Hall–Kier alpha value is -2.19. The van der Waals surface area contributed by atoms with E-state index in [1.165, 1.54) is 16.8 Å². The predicted molar refractivity (Wildman–Crippen MR) is 99.1 cm³/mol. The second-order valence-electron chi connectivity index (χ2n) is 6.62. The van der Waals surface area contributed by atoms with Gasteiger partial charge < -0.3 is 9.88 Å². The van der Waals surface area contributed by atoms with Crippen LogP contribution in [0.5, 0.6) is 0 Å². The summed E-state index contributed by atoms with van der Waals surface area (Å²) in [7, 11) is -1.94. The van der Waals surface area contributed by atoms with E-state index in [2.05, 4.69) is 17.2 Å². The topological polar surface area (TPSA) is 84.3 Å². The SMILES string of the molecule is CCc1cccc(NC(=O)[C@@H]2CCCN(S(=O)(=O)c3cn(C)cn3)C2)c1. The smallest absolute Gasteiger partial charge is 0.262 e. The molecule has 0 saturated carbocycles. The summed E-state index contributed by atoms with van der Waals surface area (Å²) < 4.78 is 28.4. The Morgan fingerprint density at radius 1 is 1.38 bits per heavy atom. The van der Waals surface area contributed by atoms with Gasteiger partial charge in [0.05, 0.1) is 12.2 Å². The van der Waals surface area contributed by atoms with Gasteiger partial charge in [-0.3, -0.25) is 4.79 Å². The normalized spacial score (nSPS) is 18.6. The van der Waals surface area contributed by atoms with E-state index in [4.69, 9.17) is 0 Å². The van der Waals surface area contributed by atoms with E-state index in [1.54, 1.807) is 11.6 Å². The van der Waals surface area contributed by atoms with Crippen LogP contribution in [0, 0.1) is 5.92 Å². The fourth-order valence-electron chi connectivity index (χ4n) is 3.14. The fraction of sp³-hybridized carbons (Fsp3) is 0.444. The standard InChI is InChI=1S/C18H24N4O3S/c1-3-14-6-4-8-16(10-14)20-18(23)15-7-5-9-22(11-15)26(24,25)17-12-21(2)13-19-17/h4,6,8,10,12-13,15H,3,5,7,9,11H2,1-2H3,(H,20,23)/t15-/m1/s1.